The number of likely N-dealkylation sites (tertiary alicyclic amines) is 1. The van der Waals surface area contributed by atoms with E-state index in [1.165, 1.54) is 35.9 Å². The Balaban J connectivity index is 1.63. The van der Waals surface area contributed by atoms with Crippen LogP contribution in [0.4, 0.5) is 4.39 Å². The molecular formula is C17H21ClFN5O. The van der Waals surface area contributed by atoms with Gasteiger partial charge in [-0.05, 0) is 44.5 Å². The van der Waals surface area contributed by atoms with E-state index in [1.54, 1.807) is 6.07 Å². The van der Waals surface area contributed by atoms with Crippen molar-refractivity contribution in [2.75, 3.05) is 26.7 Å². The van der Waals surface area contributed by atoms with Crippen LogP contribution >= 0.6 is 11.6 Å². The Morgan fingerprint density at radius 1 is 1.44 bits per heavy atom. The third-order valence-electron chi connectivity index (χ3n) is 4.43. The van der Waals surface area contributed by atoms with Crippen LogP contribution in [0.2, 0.25) is 5.02 Å². The van der Waals surface area contributed by atoms with Crippen LogP contribution in [0.15, 0.2) is 24.4 Å². The van der Waals surface area contributed by atoms with Gasteiger partial charge in [-0.1, -0.05) is 29.3 Å². The third kappa shape index (κ3) is 4.35. The molecule has 1 fully saturated rings. The minimum atomic E-state index is -0.595. The van der Waals surface area contributed by atoms with E-state index in [4.69, 9.17) is 11.6 Å². The number of nitrogens with zero attached hydrogens (tertiary/aromatic N) is 4. The quantitative estimate of drug-likeness (QED) is 0.904. The standard InChI is InChI=1S/C17H21ClFN5O/c1-23-8-3-2-5-12(10-23)9-20-17(25)14-11-24(22-21-14)15-7-4-6-13(18)16(15)19/h4,6-7,11-12H,2-3,5,8-10H2,1H3,(H,20,25)/t12-/m1/s1. The Morgan fingerprint density at radius 3 is 3.12 bits per heavy atom. The third-order valence-corrected chi connectivity index (χ3v) is 4.72. The fraction of sp³-hybridized carbons (Fsp3) is 0.471. The summed E-state index contributed by atoms with van der Waals surface area (Å²) in [4.78, 5) is 14.6. The number of nitrogens with one attached hydrogen (secondary N) is 1. The molecule has 2 heterocycles. The highest BCUT2D eigenvalue weighted by Crippen LogP contribution is 2.20. The van der Waals surface area contributed by atoms with Gasteiger partial charge in [0.25, 0.3) is 5.91 Å². The lowest BCUT2D eigenvalue weighted by Crippen LogP contribution is -2.34. The molecule has 1 aliphatic heterocycles. The van der Waals surface area contributed by atoms with Crippen molar-refractivity contribution in [3.63, 3.8) is 0 Å². The van der Waals surface area contributed by atoms with Crippen LogP contribution in [-0.4, -0.2) is 52.5 Å². The number of benzene rings is 1. The Hall–Kier alpha value is -1.99. The number of rotatable bonds is 4. The van der Waals surface area contributed by atoms with Gasteiger partial charge in [0.2, 0.25) is 0 Å². The van der Waals surface area contributed by atoms with Crippen molar-refractivity contribution in [3.8, 4) is 5.69 Å². The largest absolute Gasteiger partial charge is 0.350 e. The molecule has 1 N–H and O–H groups in total. The van der Waals surface area contributed by atoms with E-state index in [0.717, 1.165) is 19.5 Å². The van der Waals surface area contributed by atoms with Gasteiger partial charge in [0.05, 0.1) is 11.2 Å². The predicted octanol–water partition coefficient (Wildman–Crippen LogP) is 2.52. The van der Waals surface area contributed by atoms with Crippen LogP contribution in [0.25, 0.3) is 5.69 Å². The highest BCUT2D eigenvalue weighted by Gasteiger charge is 2.19. The van der Waals surface area contributed by atoms with Crippen molar-refractivity contribution in [2.45, 2.75) is 19.3 Å². The normalized spacial score (nSPS) is 18.8. The second-order valence-electron chi connectivity index (χ2n) is 6.46. The number of hydrogen-bond acceptors (Lipinski definition) is 4. The lowest BCUT2D eigenvalue weighted by atomic mass is 10.0. The molecule has 1 saturated heterocycles. The van der Waals surface area contributed by atoms with Crippen molar-refractivity contribution in [1.29, 1.82) is 0 Å². The van der Waals surface area contributed by atoms with Crippen LogP contribution < -0.4 is 5.32 Å². The topological polar surface area (TPSA) is 63.1 Å². The molecule has 0 saturated carbocycles. The first-order chi connectivity index (χ1) is 12.0. The van der Waals surface area contributed by atoms with Crippen molar-refractivity contribution >= 4 is 17.5 Å². The Bertz CT molecular complexity index is 750. The zero-order valence-corrected chi connectivity index (χ0v) is 14.8. The Morgan fingerprint density at radius 2 is 2.28 bits per heavy atom. The van der Waals surface area contributed by atoms with Crippen LogP contribution in [-0.2, 0) is 0 Å². The minimum Gasteiger partial charge on any atom is -0.350 e. The molecule has 3 rings (SSSR count). The number of carbonyl (C=O) groups is 1. The first-order valence-electron chi connectivity index (χ1n) is 8.38. The maximum absolute atomic E-state index is 14.0. The molecule has 1 aromatic carbocycles. The lowest BCUT2D eigenvalue weighted by molar-refractivity contribution is 0.0939. The number of carbonyl (C=O) groups excluding carboxylic acids is 1. The summed E-state index contributed by atoms with van der Waals surface area (Å²) >= 11 is 5.77. The second-order valence-corrected chi connectivity index (χ2v) is 6.86. The van der Waals surface area contributed by atoms with Crippen LogP contribution in [0.1, 0.15) is 29.8 Å². The van der Waals surface area contributed by atoms with E-state index in [-0.39, 0.29) is 22.3 Å². The summed E-state index contributed by atoms with van der Waals surface area (Å²) in [6.45, 7) is 2.67. The number of aromatic nitrogens is 3. The number of hydrogen-bond donors (Lipinski definition) is 1. The van der Waals surface area contributed by atoms with E-state index < -0.39 is 5.82 Å². The van der Waals surface area contributed by atoms with Crippen molar-refractivity contribution < 1.29 is 9.18 Å². The monoisotopic (exact) mass is 365 g/mol. The average molecular weight is 366 g/mol. The number of amides is 1. The van der Waals surface area contributed by atoms with E-state index in [0.29, 0.717) is 12.5 Å². The van der Waals surface area contributed by atoms with Gasteiger partial charge >= 0.3 is 0 Å². The molecule has 134 valence electrons. The average Bonchev–Trinajstić information content (AvgIpc) is 2.99. The summed E-state index contributed by atoms with van der Waals surface area (Å²) in [6, 6.07) is 4.60. The second kappa shape index (κ2) is 7.93. The van der Waals surface area contributed by atoms with Crippen molar-refractivity contribution in [1.82, 2.24) is 25.2 Å². The van der Waals surface area contributed by atoms with Crippen molar-refractivity contribution in [2.24, 2.45) is 5.92 Å². The predicted molar refractivity (Wildman–Crippen MR) is 93.5 cm³/mol. The van der Waals surface area contributed by atoms with Gasteiger partial charge in [-0.2, -0.15) is 0 Å². The van der Waals surface area contributed by atoms with Gasteiger partial charge in [0, 0.05) is 13.1 Å². The van der Waals surface area contributed by atoms with Crippen LogP contribution in [0.3, 0.4) is 0 Å². The van der Waals surface area contributed by atoms with Crippen LogP contribution in [0, 0.1) is 11.7 Å². The molecule has 2 aromatic rings. The van der Waals surface area contributed by atoms with Crippen molar-refractivity contribution in [3.05, 3.63) is 40.9 Å². The molecule has 0 bridgehead atoms. The molecular weight excluding hydrogens is 345 g/mol. The summed E-state index contributed by atoms with van der Waals surface area (Å²) in [6.07, 6.45) is 4.88. The first kappa shape index (κ1) is 17.8. The molecule has 1 atom stereocenters. The van der Waals surface area contributed by atoms with Gasteiger partial charge in [-0.15, -0.1) is 5.10 Å². The molecule has 0 unspecified atom stereocenters. The summed E-state index contributed by atoms with van der Waals surface area (Å²) in [7, 11) is 2.10. The highest BCUT2D eigenvalue weighted by atomic mass is 35.5. The maximum atomic E-state index is 14.0. The maximum Gasteiger partial charge on any atom is 0.273 e. The molecule has 0 radical (unpaired) electrons. The summed E-state index contributed by atoms with van der Waals surface area (Å²) in [5.74, 6) is -0.472. The van der Waals surface area contributed by atoms with E-state index >= 15 is 0 Å². The Labute approximate surface area is 151 Å². The van der Waals surface area contributed by atoms with Gasteiger partial charge in [0.1, 0.15) is 5.69 Å². The van der Waals surface area contributed by atoms with E-state index in [9.17, 15) is 9.18 Å². The smallest absolute Gasteiger partial charge is 0.273 e. The zero-order chi connectivity index (χ0) is 17.8. The highest BCUT2D eigenvalue weighted by molar-refractivity contribution is 6.30. The Kier molecular flexibility index (Phi) is 5.65. The summed E-state index contributed by atoms with van der Waals surface area (Å²) in [5.41, 5.74) is 0.311. The summed E-state index contributed by atoms with van der Waals surface area (Å²) in [5, 5.41) is 10.6. The van der Waals surface area contributed by atoms with E-state index in [2.05, 4.69) is 27.6 Å². The van der Waals surface area contributed by atoms with Gasteiger partial charge < -0.3 is 10.2 Å². The zero-order valence-electron chi connectivity index (χ0n) is 14.1. The molecule has 1 aliphatic rings. The van der Waals surface area contributed by atoms with Gasteiger partial charge in [-0.3, -0.25) is 4.79 Å². The summed E-state index contributed by atoms with van der Waals surface area (Å²) < 4.78 is 15.3. The fourth-order valence-electron chi connectivity index (χ4n) is 3.09. The van der Waals surface area contributed by atoms with E-state index in [1.807, 2.05) is 0 Å². The van der Waals surface area contributed by atoms with Gasteiger partial charge in [0.15, 0.2) is 11.5 Å². The molecule has 25 heavy (non-hydrogen) atoms. The lowest BCUT2D eigenvalue weighted by Gasteiger charge is -2.19. The number of halogens is 2. The minimum absolute atomic E-state index is 0.00325. The SMILES string of the molecule is CN1CCCC[C@H](CNC(=O)c2cn(-c3cccc(Cl)c3F)nn2)C1. The molecule has 1 amide bonds. The molecule has 0 aliphatic carbocycles. The first-order valence-corrected chi connectivity index (χ1v) is 8.76. The molecule has 0 spiro atoms. The molecule has 6 nitrogen and oxygen atoms in total. The fourth-order valence-corrected chi connectivity index (χ4v) is 3.26. The van der Waals surface area contributed by atoms with Gasteiger partial charge in [-0.25, -0.2) is 9.07 Å². The molecule has 8 heteroatoms. The molecule has 1 aromatic heterocycles. The van der Waals surface area contributed by atoms with Crippen LogP contribution in [0.5, 0.6) is 0 Å².